The zero-order chi connectivity index (χ0) is 6.85. The lowest BCUT2D eigenvalue weighted by Crippen LogP contribution is -1.87. The van der Waals surface area contributed by atoms with E-state index in [9.17, 15) is 8.78 Å². The Morgan fingerprint density at radius 1 is 1.44 bits per heavy atom. The number of hydrogen-bond acceptors (Lipinski definition) is 1. The third-order valence-corrected chi connectivity index (χ3v) is 1.01. The first-order chi connectivity index (χ1) is 4.20. The summed E-state index contributed by atoms with van der Waals surface area (Å²) in [5, 5.41) is 0. The maximum Gasteiger partial charge on any atom is 0.213 e. The zero-order valence-corrected chi connectivity index (χ0v) is 4.86. The highest BCUT2D eigenvalue weighted by molar-refractivity contribution is 5.10. The van der Waals surface area contributed by atoms with Crippen LogP contribution in [0, 0.1) is 18.7 Å². The molecule has 1 heterocycles. The zero-order valence-electron chi connectivity index (χ0n) is 4.86. The van der Waals surface area contributed by atoms with E-state index in [1.165, 1.54) is 6.92 Å². The van der Waals surface area contributed by atoms with Crippen molar-refractivity contribution in [3.63, 3.8) is 0 Å². The fourth-order valence-corrected chi connectivity index (χ4v) is 0.505. The van der Waals surface area contributed by atoms with Gasteiger partial charge in [0.15, 0.2) is 0 Å². The van der Waals surface area contributed by atoms with Crippen molar-refractivity contribution in [2.75, 3.05) is 0 Å². The summed E-state index contributed by atoms with van der Waals surface area (Å²) in [6.45, 7) is 1.49. The fourth-order valence-electron chi connectivity index (χ4n) is 0.505. The third-order valence-electron chi connectivity index (χ3n) is 1.01. The molecule has 0 N–H and O–H groups in total. The van der Waals surface area contributed by atoms with E-state index in [1.807, 2.05) is 0 Å². The molecule has 0 aliphatic carbocycles. The van der Waals surface area contributed by atoms with Crippen molar-refractivity contribution in [3.8, 4) is 0 Å². The molecule has 0 saturated heterocycles. The molecule has 0 amide bonds. The third kappa shape index (κ3) is 1.22. The SMILES string of the molecule is Cc1cc(F)ncc1F. The van der Waals surface area contributed by atoms with Crippen LogP contribution >= 0.6 is 0 Å². The lowest BCUT2D eigenvalue weighted by molar-refractivity contribution is 0.554. The highest BCUT2D eigenvalue weighted by Crippen LogP contribution is 2.03. The summed E-state index contributed by atoms with van der Waals surface area (Å²) in [5.74, 6) is -1.12. The van der Waals surface area contributed by atoms with E-state index in [0.29, 0.717) is 0 Å². The number of rotatable bonds is 0. The smallest absolute Gasteiger partial charge is 0.213 e. The van der Waals surface area contributed by atoms with Crippen molar-refractivity contribution in [3.05, 3.63) is 29.6 Å². The van der Waals surface area contributed by atoms with Crippen molar-refractivity contribution >= 4 is 0 Å². The van der Waals surface area contributed by atoms with E-state index in [2.05, 4.69) is 4.98 Å². The monoisotopic (exact) mass is 129 g/mol. The second kappa shape index (κ2) is 2.09. The number of pyridine rings is 1. The summed E-state index contributed by atoms with van der Waals surface area (Å²) in [5.41, 5.74) is 0.280. The van der Waals surface area contributed by atoms with Crippen LogP contribution in [0.5, 0.6) is 0 Å². The predicted molar refractivity (Wildman–Crippen MR) is 28.9 cm³/mol. The minimum Gasteiger partial charge on any atom is -0.225 e. The normalized spacial score (nSPS) is 9.67. The topological polar surface area (TPSA) is 12.9 Å². The Labute approximate surface area is 51.3 Å². The molecule has 0 aliphatic heterocycles. The van der Waals surface area contributed by atoms with Gasteiger partial charge in [-0.2, -0.15) is 4.39 Å². The van der Waals surface area contributed by atoms with Gasteiger partial charge in [-0.15, -0.1) is 0 Å². The number of aryl methyl sites for hydroxylation is 1. The van der Waals surface area contributed by atoms with Gasteiger partial charge in [0.25, 0.3) is 0 Å². The maximum absolute atomic E-state index is 12.3. The molecule has 0 spiro atoms. The molecular weight excluding hydrogens is 124 g/mol. The summed E-state index contributed by atoms with van der Waals surface area (Å²) >= 11 is 0. The fraction of sp³-hybridized carbons (Fsp3) is 0.167. The van der Waals surface area contributed by atoms with Gasteiger partial charge in [0, 0.05) is 0 Å². The Hall–Kier alpha value is -0.990. The highest BCUT2D eigenvalue weighted by atomic mass is 19.1. The van der Waals surface area contributed by atoms with Gasteiger partial charge in [-0.25, -0.2) is 9.37 Å². The minimum atomic E-state index is -0.645. The minimum absolute atomic E-state index is 0.280. The Morgan fingerprint density at radius 3 is 2.56 bits per heavy atom. The van der Waals surface area contributed by atoms with Gasteiger partial charge in [-0.3, -0.25) is 0 Å². The average Bonchev–Trinajstić information content (AvgIpc) is 1.80. The molecule has 0 bridgehead atoms. The van der Waals surface area contributed by atoms with E-state index in [4.69, 9.17) is 0 Å². The summed E-state index contributed by atoms with van der Waals surface area (Å²) in [4.78, 5) is 3.10. The Balaban J connectivity index is 3.17. The second-order valence-corrected chi connectivity index (χ2v) is 1.76. The molecule has 1 nitrogen and oxygen atoms in total. The van der Waals surface area contributed by atoms with Gasteiger partial charge in [0.1, 0.15) is 5.82 Å². The molecule has 0 radical (unpaired) electrons. The highest BCUT2D eigenvalue weighted by Gasteiger charge is 1.96. The molecule has 48 valence electrons. The molecule has 1 aromatic rings. The molecule has 0 unspecified atom stereocenters. The summed E-state index contributed by atoms with van der Waals surface area (Å²) in [6.07, 6.45) is 0.866. The first kappa shape index (κ1) is 6.13. The second-order valence-electron chi connectivity index (χ2n) is 1.76. The first-order valence-corrected chi connectivity index (χ1v) is 2.48. The van der Waals surface area contributed by atoms with Crippen molar-refractivity contribution in [2.24, 2.45) is 0 Å². The molecule has 0 fully saturated rings. The number of hydrogen-bond donors (Lipinski definition) is 0. The summed E-state index contributed by atoms with van der Waals surface area (Å²) in [6, 6.07) is 1.05. The van der Waals surface area contributed by atoms with Crippen LogP contribution < -0.4 is 0 Å². The molecule has 1 rings (SSSR count). The van der Waals surface area contributed by atoms with Crippen LogP contribution in [-0.4, -0.2) is 4.98 Å². The first-order valence-electron chi connectivity index (χ1n) is 2.48. The molecule has 1 aromatic heterocycles. The van der Waals surface area contributed by atoms with E-state index in [1.54, 1.807) is 0 Å². The van der Waals surface area contributed by atoms with Crippen LogP contribution in [0.15, 0.2) is 12.3 Å². The lowest BCUT2D eigenvalue weighted by atomic mass is 10.3. The molecule has 0 aromatic carbocycles. The Morgan fingerprint density at radius 2 is 2.11 bits per heavy atom. The summed E-state index contributed by atoms with van der Waals surface area (Å²) in [7, 11) is 0. The molecule has 0 aliphatic rings. The Bertz CT molecular complexity index is 222. The van der Waals surface area contributed by atoms with Crippen LogP contribution in [0.25, 0.3) is 0 Å². The average molecular weight is 129 g/mol. The van der Waals surface area contributed by atoms with Crippen molar-refractivity contribution in [2.45, 2.75) is 6.92 Å². The molecule has 0 atom stereocenters. The largest absolute Gasteiger partial charge is 0.225 e. The molecule has 3 heteroatoms. The molecule has 9 heavy (non-hydrogen) atoms. The van der Waals surface area contributed by atoms with Crippen molar-refractivity contribution in [1.29, 1.82) is 0 Å². The Kier molecular flexibility index (Phi) is 1.42. The van der Waals surface area contributed by atoms with Gasteiger partial charge < -0.3 is 0 Å². The van der Waals surface area contributed by atoms with Gasteiger partial charge in [-0.1, -0.05) is 0 Å². The van der Waals surface area contributed by atoms with Crippen LogP contribution in [-0.2, 0) is 0 Å². The van der Waals surface area contributed by atoms with Gasteiger partial charge in [-0.05, 0) is 18.6 Å². The van der Waals surface area contributed by atoms with Gasteiger partial charge >= 0.3 is 0 Å². The summed E-state index contributed by atoms with van der Waals surface area (Å²) < 4.78 is 24.3. The van der Waals surface area contributed by atoms with Crippen LogP contribution in [0.3, 0.4) is 0 Å². The van der Waals surface area contributed by atoms with Crippen LogP contribution in [0.2, 0.25) is 0 Å². The standard InChI is InChI=1S/C6H5F2N/c1-4-2-6(8)9-3-5(4)7/h2-3H,1H3. The van der Waals surface area contributed by atoms with Crippen LogP contribution in [0.4, 0.5) is 8.78 Å². The maximum atomic E-state index is 12.3. The van der Waals surface area contributed by atoms with E-state index in [0.717, 1.165) is 12.3 Å². The number of halogens is 2. The van der Waals surface area contributed by atoms with Gasteiger partial charge in [0.05, 0.1) is 6.20 Å². The van der Waals surface area contributed by atoms with Crippen LogP contribution in [0.1, 0.15) is 5.56 Å². The van der Waals surface area contributed by atoms with Crippen molar-refractivity contribution < 1.29 is 8.78 Å². The quantitative estimate of drug-likeness (QED) is 0.485. The van der Waals surface area contributed by atoms with E-state index in [-0.39, 0.29) is 5.56 Å². The van der Waals surface area contributed by atoms with E-state index < -0.39 is 11.8 Å². The number of nitrogens with zero attached hydrogens (tertiary/aromatic N) is 1. The molecular formula is C6H5F2N. The lowest BCUT2D eigenvalue weighted by Gasteiger charge is -1.91. The van der Waals surface area contributed by atoms with E-state index >= 15 is 0 Å². The number of aromatic nitrogens is 1. The van der Waals surface area contributed by atoms with Crippen molar-refractivity contribution in [1.82, 2.24) is 4.98 Å². The van der Waals surface area contributed by atoms with Gasteiger partial charge in [0.2, 0.25) is 5.95 Å². The predicted octanol–water partition coefficient (Wildman–Crippen LogP) is 1.67. The molecule has 0 saturated carbocycles.